The van der Waals surface area contributed by atoms with Crippen LogP contribution in [0.25, 0.3) is 0 Å². The van der Waals surface area contributed by atoms with Gasteiger partial charge in [-0.05, 0) is 88.3 Å². The predicted molar refractivity (Wildman–Crippen MR) is 113 cm³/mol. The minimum absolute atomic E-state index is 0.186. The Kier molecular flexibility index (Phi) is 6.00. The summed E-state index contributed by atoms with van der Waals surface area (Å²) >= 11 is 0. The Balaban J connectivity index is 1.60. The van der Waals surface area contributed by atoms with Gasteiger partial charge in [-0.2, -0.15) is 21.6 Å². The van der Waals surface area contributed by atoms with E-state index in [1.54, 1.807) is 0 Å². The number of hydrogen-bond donors (Lipinski definition) is 1. The van der Waals surface area contributed by atoms with Gasteiger partial charge < -0.3 is 9.47 Å². The zero-order chi connectivity index (χ0) is 24.2. The molecule has 0 radical (unpaired) electrons. The molecule has 0 heterocycles. The van der Waals surface area contributed by atoms with Gasteiger partial charge in [0, 0.05) is 5.41 Å². The largest absolute Gasteiger partial charge is 0.487 e. The molecule has 5 rings (SSSR count). The van der Waals surface area contributed by atoms with Crippen molar-refractivity contribution in [2.24, 2.45) is 23.2 Å². The molecule has 0 aromatic heterocycles. The SMILES string of the molecule is CC(C)(Oc1cc(C(=O)OCCS(=O)(=O)O)ccc1C(F)(F)F)C12CC3CC(CC(C3)C1)C2. The fraction of sp³-hybridized carbons (Fsp3) is 0.696. The molecule has 1 aromatic carbocycles. The Morgan fingerprint density at radius 3 is 2.12 bits per heavy atom. The summed E-state index contributed by atoms with van der Waals surface area (Å²) in [5.74, 6) is -0.472. The summed E-state index contributed by atoms with van der Waals surface area (Å²) in [5.41, 5.74) is -2.25. The predicted octanol–water partition coefficient (Wildman–Crippen LogP) is 5.12. The van der Waals surface area contributed by atoms with Crippen molar-refractivity contribution in [2.45, 2.75) is 64.1 Å². The molecular formula is C23H29F3O6S. The van der Waals surface area contributed by atoms with Crippen molar-refractivity contribution in [3.05, 3.63) is 29.3 Å². The topological polar surface area (TPSA) is 89.9 Å². The summed E-state index contributed by atoms with van der Waals surface area (Å²) < 4.78 is 82.6. The van der Waals surface area contributed by atoms with Crippen molar-refractivity contribution >= 4 is 16.1 Å². The van der Waals surface area contributed by atoms with Crippen LogP contribution in [0.5, 0.6) is 5.75 Å². The number of carbonyl (C=O) groups excluding carboxylic acids is 1. The smallest absolute Gasteiger partial charge is 0.419 e. The molecule has 0 unspecified atom stereocenters. The number of alkyl halides is 3. The van der Waals surface area contributed by atoms with Crippen molar-refractivity contribution in [3.8, 4) is 5.75 Å². The first kappa shape index (κ1) is 24.3. The van der Waals surface area contributed by atoms with Crippen LogP contribution in [0.2, 0.25) is 0 Å². The number of halogens is 3. The Bertz CT molecular complexity index is 996. The second kappa shape index (κ2) is 8.15. The number of benzene rings is 1. The van der Waals surface area contributed by atoms with Gasteiger partial charge in [-0.15, -0.1) is 0 Å². The van der Waals surface area contributed by atoms with Crippen LogP contribution in [0.4, 0.5) is 13.2 Å². The van der Waals surface area contributed by atoms with E-state index in [9.17, 15) is 26.4 Å². The van der Waals surface area contributed by atoms with Crippen LogP contribution in [0, 0.1) is 23.2 Å². The molecule has 0 spiro atoms. The minimum atomic E-state index is -4.68. The molecule has 10 heteroatoms. The minimum Gasteiger partial charge on any atom is -0.487 e. The van der Waals surface area contributed by atoms with Crippen LogP contribution in [-0.2, 0) is 21.0 Å². The molecule has 0 aliphatic heterocycles. The Morgan fingerprint density at radius 1 is 1.09 bits per heavy atom. The summed E-state index contributed by atoms with van der Waals surface area (Å²) in [6.07, 6.45) is 1.69. The lowest BCUT2D eigenvalue weighted by Crippen LogP contribution is -2.58. The molecule has 6 nitrogen and oxygen atoms in total. The van der Waals surface area contributed by atoms with Gasteiger partial charge in [0.05, 0.1) is 11.1 Å². The van der Waals surface area contributed by atoms with Gasteiger partial charge >= 0.3 is 12.1 Å². The second-order valence-corrected chi connectivity index (χ2v) is 12.0. The first-order chi connectivity index (χ1) is 15.2. The van der Waals surface area contributed by atoms with Crippen molar-refractivity contribution in [1.29, 1.82) is 0 Å². The van der Waals surface area contributed by atoms with Gasteiger partial charge in [0.2, 0.25) is 0 Å². The summed E-state index contributed by atoms with van der Waals surface area (Å²) in [7, 11) is -4.33. The summed E-state index contributed by atoms with van der Waals surface area (Å²) in [6, 6.07) is 2.77. The van der Waals surface area contributed by atoms with Gasteiger partial charge in [-0.25, -0.2) is 4.79 Å². The standard InChI is InChI=1S/C23H29F3O6S/c1-21(2,22-11-14-7-15(12-22)9-16(8-14)13-22)32-19-10-17(3-4-18(19)23(24,25)26)20(27)31-5-6-33(28,29)30/h3-4,10,14-16H,5-9,11-13H2,1-2H3,(H,28,29,30). The van der Waals surface area contributed by atoms with E-state index in [-0.39, 0.29) is 11.0 Å². The van der Waals surface area contributed by atoms with E-state index in [0.717, 1.165) is 37.5 Å². The highest BCUT2D eigenvalue weighted by molar-refractivity contribution is 7.85. The first-order valence-corrected chi connectivity index (χ1v) is 12.8. The van der Waals surface area contributed by atoms with Gasteiger partial charge in [-0.1, -0.05) is 0 Å². The van der Waals surface area contributed by atoms with Gasteiger partial charge in [0.25, 0.3) is 10.1 Å². The molecule has 4 aliphatic rings. The molecule has 184 valence electrons. The van der Waals surface area contributed by atoms with Gasteiger partial charge in [0.1, 0.15) is 23.7 Å². The van der Waals surface area contributed by atoms with Gasteiger partial charge in [-0.3, -0.25) is 4.55 Å². The van der Waals surface area contributed by atoms with E-state index in [4.69, 9.17) is 14.0 Å². The number of rotatable bonds is 7. The van der Waals surface area contributed by atoms with E-state index in [2.05, 4.69) is 0 Å². The van der Waals surface area contributed by atoms with E-state index in [0.29, 0.717) is 17.8 Å². The normalized spacial score (nSPS) is 29.2. The van der Waals surface area contributed by atoms with E-state index in [1.807, 2.05) is 13.8 Å². The average molecular weight is 491 g/mol. The summed E-state index contributed by atoms with van der Waals surface area (Å²) in [4.78, 5) is 12.3. The zero-order valence-electron chi connectivity index (χ0n) is 18.7. The molecule has 33 heavy (non-hydrogen) atoms. The molecule has 4 fully saturated rings. The fourth-order valence-corrected chi connectivity index (χ4v) is 6.82. The maximum absolute atomic E-state index is 13.8. The molecule has 4 bridgehead atoms. The number of carbonyl (C=O) groups is 1. The summed E-state index contributed by atoms with van der Waals surface area (Å²) in [5, 5.41) is 0. The van der Waals surface area contributed by atoms with Crippen LogP contribution in [0.15, 0.2) is 18.2 Å². The second-order valence-electron chi connectivity index (χ2n) is 10.4. The lowest BCUT2D eigenvalue weighted by Gasteiger charge is -2.61. The monoisotopic (exact) mass is 490 g/mol. The van der Waals surface area contributed by atoms with E-state index in [1.165, 1.54) is 19.3 Å². The lowest BCUT2D eigenvalue weighted by atomic mass is 9.46. The van der Waals surface area contributed by atoms with Crippen molar-refractivity contribution in [3.63, 3.8) is 0 Å². The molecule has 4 aliphatic carbocycles. The van der Waals surface area contributed by atoms with Crippen molar-refractivity contribution < 1.29 is 40.4 Å². The van der Waals surface area contributed by atoms with Crippen LogP contribution in [0.1, 0.15) is 68.3 Å². The molecule has 0 saturated heterocycles. The third-order valence-corrected chi connectivity index (χ3v) is 8.46. The quantitative estimate of drug-likeness (QED) is 0.421. The molecular weight excluding hydrogens is 461 g/mol. The Hall–Kier alpha value is -1.81. The average Bonchev–Trinajstić information content (AvgIpc) is 2.64. The zero-order valence-corrected chi connectivity index (χ0v) is 19.5. The van der Waals surface area contributed by atoms with Crippen LogP contribution >= 0.6 is 0 Å². The van der Waals surface area contributed by atoms with Crippen LogP contribution in [-0.4, -0.2) is 36.9 Å². The molecule has 0 atom stereocenters. The number of hydrogen-bond acceptors (Lipinski definition) is 5. The molecule has 4 saturated carbocycles. The third kappa shape index (κ3) is 5.01. The first-order valence-electron chi connectivity index (χ1n) is 11.2. The lowest BCUT2D eigenvalue weighted by molar-refractivity contribution is -0.159. The third-order valence-electron chi connectivity index (χ3n) is 7.78. The van der Waals surface area contributed by atoms with E-state index >= 15 is 0 Å². The molecule has 1 aromatic rings. The van der Waals surface area contributed by atoms with Crippen LogP contribution in [0.3, 0.4) is 0 Å². The molecule has 0 amide bonds. The van der Waals surface area contributed by atoms with Crippen molar-refractivity contribution in [1.82, 2.24) is 0 Å². The molecule has 1 N–H and O–H groups in total. The van der Waals surface area contributed by atoms with E-state index < -0.39 is 51.5 Å². The fourth-order valence-electron chi connectivity index (χ4n) is 6.52. The Morgan fingerprint density at radius 2 is 1.64 bits per heavy atom. The van der Waals surface area contributed by atoms with Crippen LogP contribution < -0.4 is 4.74 Å². The highest BCUT2D eigenvalue weighted by Gasteiger charge is 2.58. The van der Waals surface area contributed by atoms with Gasteiger partial charge in [0.15, 0.2) is 0 Å². The maximum atomic E-state index is 13.8. The summed E-state index contributed by atoms with van der Waals surface area (Å²) in [6.45, 7) is 3.07. The Labute approximate surface area is 191 Å². The highest BCUT2D eigenvalue weighted by Crippen LogP contribution is 2.64. The maximum Gasteiger partial charge on any atom is 0.419 e. The number of esters is 1. The number of ether oxygens (including phenoxy) is 2. The van der Waals surface area contributed by atoms with Crippen molar-refractivity contribution in [2.75, 3.05) is 12.4 Å². The highest BCUT2D eigenvalue weighted by atomic mass is 32.2.